The van der Waals surface area contributed by atoms with E-state index >= 15 is 0 Å². The summed E-state index contributed by atoms with van der Waals surface area (Å²) in [4.78, 5) is 19.6. The monoisotopic (exact) mass is 440 g/mol. The van der Waals surface area contributed by atoms with E-state index in [1.54, 1.807) is 19.1 Å². The summed E-state index contributed by atoms with van der Waals surface area (Å²) < 4.78 is 16.6. The number of aromatic nitrogens is 1. The predicted molar refractivity (Wildman–Crippen MR) is 124 cm³/mol. The van der Waals surface area contributed by atoms with Gasteiger partial charge < -0.3 is 19.1 Å². The fraction of sp³-hybridized carbons (Fsp3) is 0.538. The highest BCUT2D eigenvalue weighted by molar-refractivity contribution is 5.93. The van der Waals surface area contributed by atoms with E-state index in [4.69, 9.17) is 14.2 Å². The van der Waals surface area contributed by atoms with Crippen molar-refractivity contribution in [2.75, 3.05) is 27.7 Å². The molecule has 2 aromatic rings. The molecule has 6 heteroatoms. The van der Waals surface area contributed by atoms with Crippen molar-refractivity contribution in [1.29, 1.82) is 0 Å². The lowest BCUT2D eigenvalue weighted by atomic mass is 9.74. The van der Waals surface area contributed by atoms with Crippen molar-refractivity contribution in [2.24, 2.45) is 5.92 Å². The van der Waals surface area contributed by atoms with E-state index in [1.165, 1.54) is 16.7 Å². The number of rotatable bonds is 12. The summed E-state index contributed by atoms with van der Waals surface area (Å²) in [6.45, 7) is 6.74. The normalized spacial score (nSPS) is 20.6. The van der Waals surface area contributed by atoms with Crippen LogP contribution in [0.2, 0.25) is 0 Å². The third-order valence-corrected chi connectivity index (χ3v) is 6.04. The average Bonchev–Trinajstić information content (AvgIpc) is 2.78. The van der Waals surface area contributed by atoms with Crippen LogP contribution in [0, 0.1) is 12.8 Å². The number of benzene rings is 1. The maximum Gasteiger partial charge on any atom is 0.259 e. The van der Waals surface area contributed by atoms with Crippen LogP contribution in [0.4, 0.5) is 0 Å². The topological polar surface area (TPSA) is 60.9 Å². The van der Waals surface area contributed by atoms with Crippen molar-refractivity contribution < 1.29 is 19.0 Å². The van der Waals surface area contributed by atoms with Gasteiger partial charge in [0.1, 0.15) is 13.5 Å². The summed E-state index contributed by atoms with van der Waals surface area (Å²) in [6, 6.07) is 12.7. The first kappa shape index (κ1) is 24.4. The van der Waals surface area contributed by atoms with E-state index in [0.29, 0.717) is 12.3 Å². The van der Waals surface area contributed by atoms with Crippen LogP contribution in [0.3, 0.4) is 0 Å². The Balaban J connectivity index is 1.79. The van der Waals surface area contributed by atoms with E-state index in [0.717, 1.165) is 25.0 Å². The van der Waals surface area contributed by atoms with Crippen LogP contribution < -0.4 is 0 Å². The highest BCUT2D eigenvalue weighted by Gasteiger charge is 2.61. The van der Waals surface area contributed by atoms with Gasteiger partial charge in [0.05, 0.1) is 6.04 Å². The maximum atomic E-state index is 13.2. The highest BCUT2D eigenvalue weighted by atomic mass is 16.7. The molecular formula is C26H36N2O4. The smallest absolute Gasteiger partial charge is 0.259 e. The summed E-state index contributed by atoms with van der Waals surface area (Å²) in [6.07, 6.45) is 4.96. The SMILES string of the molecule is COCOC1(Cc2cc(CCc3cccc(C)c3)ccn2)C(=O)N(COC)C1CC(C)C. The van der Waals surface area contributed by atoms with E-state index < -0.39 is 5.60 Å². The minimum absolute atomic E-state index is 0.0611. The Bertz CT molecular complexity index is 901. The largest absolute Gasteiger partial charge is 0.364 e. The average molecular weight is 441 g/mol. The molecule has 0 aliphatic carbocycles. The number of hydrogen-bond acceptors (Lipinski definition) is 5. The Morgan fingerprint density at radius 3 is 2.50 bits per heavy atom. The minimum atomic E-state index is -0.971. The number of amides is 1. The Morgan fingerprint density at radius 2 is 1.84 bits per heavy atom. The molecule has 1 fully saturated rings. The molecule has 1 aromatic heterocycles. The molecule has 1 amide bonds. The number of carbonyl (C=O) groups excluding carboxylic acids is 1. The molecule has 3 rings (SSSR count). The Hall–Kier alpha value is -2.28. The van der Waals surface area contributed by atoms with E-state index in [-0.39, 0.29) is 25.5 Å². The molecule has 1 saturated heterocycles. The van der Waals surface area contributed by atoms with Gasteiger partial charge in [-0.05, 0) is 55.4 Å². The maximum absolute atomic E-state index is 13.2. The second-order valence-corrected chi connectivity index (χ2v) is 9.10. The van der Waals surface area contributed by atoms with Gasteiger partial charge in [0.15, 0.2) is 5.60 Å². The van der Waals surface area contributed by atoms with Crippen LogP contribution in [0.15, 0.2) is 42.6 Å². The molecule has 0 N–H and O–H groups in total. The van der Waals surface area contributed by atoms with Gasteiger partial charge >= 0.3 is 0 Å². The molecule has 0 radical (unpaired) electrons. The van der Waals surface area contributed by atoms with Gasteiger partial charge in [-0.1, -0.05) is 43.7 Å². The van der Waals surface area contributed by atoms with Gasteiger partial charge in [0.2, 0.25) is 0 Å². The van der Waals surface area contributed by atoms with Crippen molar-refractivity contribution in [3.8, 4) is 0 Å². The second-order valence-electron chi connectivity index (χ2n) is 9.10. The summed E-state index contributed by atoms with van der Waals surface area (Å²) >= 11 is 0. The van der Waals surface area contributed by atoms with E-state index in [9.17, 15) is 4.79 Å². The molecule has 6 nitrogen and oxygen atoms in total. The van der Waals surface area contributed by atoms with Crippen molar-refractivity contribution in [2.45, 2.75) is 58.1 Å². The van der Waals surface area contributed by atoms with Gasteiger partial charge in [-0.3, -0.25) is 9.78 Å². The van der Waals surface area contributed by atoms with Crippen LogP contribution in [-0.4, -0.2) is 55.2 Å². The number of methoxy groups -OCH3 is 2. The number of nitrogens with zero attached hydrogens (tertiary/aromatic N) is 2. The van der Waals surface area contributed by atoms with Crippen molar-refractivity contribution in [1.82, 2.24) is 9.88 Å². The highest BCUT2D eigenvalue weighted by Crippen LogP contribution is 2.40. The molecule has 174 valence electrons. The summed E-state index contributed by atoms with van der Waals surface area (Å²) in [5.41, 5.74) is 3.70. The molecule has 1 aromatic carbocycles. The molecule has 1 aliphatic heterocycles. The van der Waals surface area contributed by atoms with E-state index in [2.05, 4.69) is 56.1 Å². The zero-order chi connectivity index (χ0) is 23.1. The van der Waals surface area contributed by atoms with Gasteiger partial charge in [0.25, 0.3) is 5.91 Å². The van der Waals surface area contributed by atoms with Crippen LogP contribution in [0.1, 0.15) is 42.7 Å². The first-order valence-corrected chi connectivity index (χ1v) is 11.3. The lowest BCUT2D eigenvalue weighted by molar-refractivity contribution is -0.235. The predicted octanol–water partition coefficient (Wildman–Crippen LogP) is 3.94. The van der Waals surface area contributed by atoms with Gasteiger partial charge in [0, 0.05) is 32.5 Å². The third kappa shape index (κ3) is 5.55. The quantitative estimate of drug-likeness (QED) is 0.370. The first-order chi connectivity index (χ1) is 15.4. The summed E-state index contributed by atoms with van der Waals surface area (Å²) in [7, 11) is 3.18. The minimum Gasteiger partial charge on any atom is -0.364 e. The number of pyridine rings is 1. The number of ether oxygens (including phenoxy) is 3. The van der Waals surface area contributed by atoms with Crippen molar-refractivity contribution in [3.63, 3.8) is 0 Å². The number of likely N-dealkylation sites (tertiary alicyclic amines) is 1. The molecule has 2 heterocycles. The number of hydrogen-bond donors (Lipinski definition) is 0. The standard InChI is InChI=1S/C26H36N2O4/c1-19(2)13-24-26(32-18-31-5,25(29)28(24)17-30-4)16-23-15-22(11-12-27-23)10-9-21-8-6-7-20(3)14-21/h6-8,11-12,14-15,19,24H,9-10,13,16-18H2,1-5H3. The Morgan fingerprint density at radius 1 is 1.09 bits per heavy atom. The van der Waals surface area contributed by atoms with Crippen molar-refractivity contribution in [3.05, 3.63) is 65.0 Å². The summed E-state index contributed by atoms with van der Waals surface area (Å²) in [5, 5.41) is 0. The van der Waals surface area contributed by atoms with Crippen LogP contribution in [0.5, 0.6) is 0 Å². The zero-order valence-electron chi connectivity index (χ0n) is 20.0. The molecule has 2 unspecified atom stereocenters. The van der Waals surface area contributed by atoms with Gasteiger partial charge in [-0.2, -0.15) is 0 Å². The van der Waals surface area contributed by atoms with Crippen molar-refractivity contribution >= 4 is 5.91 Å². The second kappa shape index (κ2) is 11.0. The lowest BCUT2D eigenvalue weighted by Gasteiger charge is -2.55. The third-order valence-electron chi connectivity index (χ3n) is 6.04. The molecule has 1 aliphatic rings. The molecular weight excluding hydrogens is 404 g/mol. The Kier molecular flexibility index (Phi) is 8.40. The molecule has 2 atom stereocenters. The summed E-state index contributed by atoms with van der Waals surface area (Å²) in [5.74, 6) is 0.348. The molecule has 0 spiro atoms. The van der Waals surface area contributed by atoms with Gasteiger partial charge in [-0.15, -0.1) is 0 Å². The van der Waals surface area contributed by atoms with E-state index in [1.807, 2.05) is 12.3 Å². The number of aryl methyl sites for hydroxylation is 3. The Labute approximate surface area is 191 Å². The molecule has 32 heavy (non-hydrogen) atoms. The first-order valence-electron chi connectivity index (χ1n) is 11.3. The van der Waals surface area contributed by atoms with Crippen LogP contribution in [0.25, 0.3) is 0 Å². The van der Waals surface area contributed by atoms with Crippen LogP contribution in [-0.2, 0) is 38.3 Å². The van der Waals surface area contributed by atoms with Crippen LogP contribution >= 0.6 is 0 Å². The number of β-lactam (4-membered cyclic amide) rings is 1. The fourth-order valence-corrected chi connectivity index (χ4v) is 4.54. The molecule has 0 saturated carbocycles. The number of carbonyl (C=O) groups is 1. The lowest BCUT2D eigenvalue weighted by Crippen LogP contribution is -2.76. The van der Waals surface area contributed by atoms with Gasteiger partial charge in [-0.25, -0.2) is 0 Å². The zero-order valence-corrected chi connectivity index (χ0v) is 20.0. The molecule has 0 bridgehead atoms. The fourth-order valence-electron chi connectivity index (χ4n) is 4.54.